The fraction of sp³-hybridized carbons (Fsp3) is 0.226. The summed E-state index contributed by atoms with van der Waals surface area (Å²) in [6.07, 6.45) is 0. The highest BCUT2D eigenvalue weighted by atomic mass is 16.3. The Balaban J connectivity index is 1.95. The first kappa shape index (κ1) is 16.7. The van der Waals surface area contributed by atoms with Gasteiger partial charge in [-0.3, -0.25) is 0 Å². The standard InChI is InChI=1S/C31H29N2O/c1-18(2)27-20(4)16-26(33(6)21(27)5)28-19(3)12-14-25-29-23(17-32)13-15-24(30(29)34-31(25)28)22-10-8-7-9-11-22/h7-16,18H,1-6H3/q+1/i7D,8D,9D,10D,11D. The molecule has 34 heavy (non-hydrogen) atoms. The van der Waals surface area contributed by atoms with Crippen molar-refractivity contribution in [2.45, 2.75) is 40.5 Å². The maximum absolute atomic E-state index is 9.99. The minimum Gasteiger partial charge on any atom is -0.454 e. The van der Waals surface area contributed by atoms with Gasteiger partial charge in [-0.15, -0.1) is 0 Å². The van der Waals surface area contributed by atoms with Gasteiger partial charge < -0.3 is 4.42 Å². The van der Waals surface area contributed by atoms with Crippen molar-refractivity contribution in [2.75, 3.05) is 0 Å². The van der Waals surface area contributed by atoms with Gasteiger partial charge in [0.05, 0.1) is 24.0 Å². The van der Waals surface area contributed by atoms with E-state index in [0.29, 0.717) is 33.6 Å². The van der Waals surface area contributed by atoms with Crippen LogP contribution in [0.1, 0.15) is 54.6 Å². The normalized spacial score (nSPS) is 13.5. The third-order valence-electron chi connectivity index (χ3n) is 6.75. The number of nitrogens with zero attached hydrogens (tertiary/aromatic N) is 2. The summed E-state index contributed by atoms with van der Waals surface area (Å²) in [7, 11) is 2.04. The molecule has 0 N–H and O–H groups in total. The molecule has 0 radical (unpaired) electrons. The molecule has 0 unspecified atom stereocenters. The molecule has 0 saturated carbocycles. The Hall–Kier alpha value is -3.90. The average Bonchev–Trinajstić information content (AvgIpc) is 3.28. The lowest BCUT2D eigenvalue weighted by Gasteiger charge is -2.15. The molecule has 0 aliphatic carbocycles. The molecule has 0 amide bonds. The van der Waals surface area contributed by atoms with E-state index in [1.54, 1.807) is 12.1 Å². The first-order valence-electron chi connectivity index (χ1n) is 13.9. The van der Waals surface area contributed by atoms with E-state index < -0.39 is 18.1 Å². The molecular weight excluding hydrogens is 416 g/mol. The smallest absolute Gasteiger partial charge is 0.216 e. The van der Waals surface area contributed by atoms with Crippen molar-refractivity contribution in [1.82, 2.24) is 0 Å². The number of aromatic nitrogens is 1. The third-order valence-corrected chi connectivity index (χ3v) is 6.75. The molecule has 0 aliphatic rings. The summed E-state index contributed by atoms with van der Waals surface area (Å²) in [6, 6.07) is 9.66. The molecule has 3 heteroatoms. The Morgan fingerprint density at radius 3 is 2.38 bits per heavy atom. The van der Waals surface area contributed by atoms with E-state index in [0.717, 1.165) is 27.9 Å². The van der Waals surface area contributed by atoms with E-state index in [9.17, 15) is 5.26 Å². The minimum absolute atomic E-state index is 0.0475. The van der Waals surface area contributed by atoms with Crippen LogP contribution in [-0.4, -0.2) is 0 Å². The van der Waals surface area contributed by atoms with Crippen LogP contribution in [0.4, 0.5) is 0 Å². The maximum Gasteiger partial charge on any atom is 0.216 e. The van der Waals surface area contributed by atoms with E-state index in [1.165, 1.54) is 11.1 Å². The summed E-state index contributed by atoms with van der Waals surface area (Å²) in [4.78, 5) is 0. The van der Waals surface area contributed by atoms with Crippen LogP contribution in [-0.2, 0) is 7.05 Å². The highest BCUT2D eigenvalue weighted by Gasteiger charge is 2.26. The van der Waals surface area contributed by atoms with Crippen LogP contribution in [0.3, 0.4) is 0 Å². The number of hydrogen-bond acceptors (Lipinski definition) is 2. The second-order valence-electron chi connectivity index (χ2n) is 9.14. The van der Waals surface area contributed by atoms with Crippen molar-refractivity contribution >= 4 is 21.9 Å². The van der Waals surface area contributed by atoms with Crippen molar-refractivity contribution < 1.29 is 15.8 Å². The number of pyridine rings is 1. The molecule has 3 aromatic carbocycles. The van der Waals surface area contributed by atoms with Gasteiger partial charge in [-0.25, -0.2) is 0 Å². The summed E-state index contributed by atoms with van der Waals surface area (Å²) in [5.74, 6) is 0.367. The van der Waals surface area contributed by atoms with Crippen molar-refractivity contribution in [2.24, 2.45) is 7.05 Å². The minimum atomic E-state index is -0.454. The number of benzene rings is 3. The molecule has 3 nitrogen and oxygen atoms in total. The van der Waals surface area contributed by atoms with Crippen LogP contribution in [0.25, 0.3) is 44.3 Å². The van der Waals surface area contributed by atoms with Crippen molar-refractivity contribution in [3.63, 3.8) is 0 Å². The first-order chi connectivity index (χ1) is 18.4. The van der Waals surface area contributed by atoms with Crippen LogP contribution in [0.2, 0.25) is 0 Å². The molecule has 0 saturated heterocycles. The molecule has 0 fully saturated rings. The number of furan rings is 1. The van der Waals surface area contributed by atoms with E-state index >= 15 is 0 Å². The molecule has 0 spiro atoms. The Labute approximate surface area is 207 Å². The monoisotopic (exact) mass is 450 g/mol. The molecule has 5 rings (SSSR count). The number of hydrogen-bond donors (Lipinski definition) is 0. The number of nitriles is 1. The average molecular weight is 451 g/mol. The van der Waals surface area contributed by atoms with Crippen LogP contribution < -0.4 is 4.57 Å². The van der Waals surface area contributed by atoms with Crippen molar-refractivity contribution in [3.8, 4) is 28.5 Å². The van der Waals surface area contributed by atoms with Gasteiger partial charge in [0, 0.05) is 34.9 Å². The van der Waals surface area contributed by atoms with Crippen LogP contribution >= 0.6 is 0 Å². The van der Waals surface area contributed by atoms with Crippen LogP contribution in [0.15, 0.2) is 65.0 Å². The number of rotatable bonds is 3. The zero-order chi connectivity index (χ0) is 28.5. The predicted molar refractivity (Wildman–Crippen MR) is 139 cm³/mol. The second-order valence-corrected chi connectivity index (χ2v) is 9.14. The van der Waals surface area contributed by atoms with E-state index in [-0.39, 0.29) is 17.6 Å². The Kier molecular flexibility index (Phi) is 4.00. The summed E-state index contributed by atoms with van der Waals surface area (Å²) in [5.41, 5.74) is 8.20. The quantitative estimate of drug-likeness (QED) is 0.265. The lowest BCUT2D eigenvalue weighted by Crippen LogP contribution is -2.37. The predicted octanol–water partition coefficient (Wildman–Crippen LogP) is 7.66. The molecule has 0 aliphatic heterocycles. The molecule has 0 atom stereocenters. The summed E-state index contributed by atoms with van der Waals surface area (Å²) in [5, 5.41) is 11.3. The van der Waals surface area contributed by atoms with E-state index in [4.69, 9.17) is 11.3 Å². The van der Waals surface area contributed by atoms with Crippen LogP contribution in [0.5, 0.6) is 0 Å². The summed E-state index contributed by atoms with van der Waals surface area (Å²) >= 11 is 0. The topological polar surface area (TPSA) is 40.8 Å². The Morgan fingerprint density at radius 1 is 0.971 bits per heavy atom. The van der Waals surface area contributed by atoms with Crippen molar-refractivity contribution in [3.05, 3.63) is 88.5 Å². The van der Waals surface area contributed by atoms with Crippen LogP contribution in [0, 0.1) is 32.1 Å². The number of aryl methyl sites for hydroxylation is 2. The highest BCUT2D eigenvalue weighted by molar-refractivity contribution is 6.15. The first-order valence-corrected chi connectivity index (χ1v) is 11.4. The number of fused-ring (bicyclic) bond motifs is 3. The van der Waals surface area contributed by atoms with Gasteiger partial charge in [0.15, 0.2) is 5.69 Å². The second kappa shape index (κ2) is 8.15. The van der Waals surface area contributed by atoms with Gasteiger partial charge in [-0.1, -0.05) is 56.2 Å². The van der Waals surface area contributed by atoms with Gasteiger partial charge in [-0.05, 0) is 48.6 Å². The molecule has 5 aromatic rings. The highest BCUT2D eigenvalue weighted by Crippen LogP contribution is 2.42. The van der Waals surface area contributed by atoms with Gasteiger partial charge in [0.25, 0.3) is 0 Å². The largest absolute Gasteiger partial charge is 0.454 e. The zero-order valence-electron chi connectivity index (χ0n) is 25.3. The van der Waals surface area contributed by atoms with Gasteiger partial charge in [-0.2, -0.15) is 9.83 Å². The molecule has 2 heterocycles. The summed E-state index contributed by atoms with van der Waals surface area (Å²) in [6.45, 7) is 10.6. The van der Waals surface area contributed by atoms with E-state index in [1.807, 2.05) is 26.1 Å². The van der Waals surface area contributed by atoms with Crippen molar-refractivity contribution in [1.29, 1.82) is 5.26 Å². The Bertz CT molecular complexity index is 1870. The Morgan fingerprint density at radius 2 is 1.71 bits per heavy atom. The maximum atomic E-state index is 9.99. The van der Waals surface area contributed by atoms with Gasteiger partial charge in [0.1, 0.15) is 18.2 Å². The fourth-order valence-electron chi connectivity index (χ4n) is 5.17. The molecular formula is C31H29N2O+. The molecule has 0 bridgehead atoms. The van der Waals surface area contributed by atoms with E-state index in [2.05, 4.69) is 44.4 Å². The van der Waals surface area contributed by atoms with Gasteiger partial charge >= 0.3 is 0 Å². The third kappa shape index (κ3) is 3.22. The molecule has 168 valence electrons. The summed E-state index contributed by atoms with van der Waals surface area (Å²) < 4.78 is 50.2. The lowest BCUT2D eigenvalue weighted by atomic mass is 9.92. The SMILES string of the molecule is [2H]c1c([2H])c([2H])c(-c2ccc(C#N)c3c2oc2c(-c4cc(C)c(C(C)C)c(C)[n+]4C)c(C)ccc23)c([2H])c1[2H]. The fourth-order valence-corrected chi connectivity index (χ4v) is 5.17. The lowest BCUT2D eigenvalue weighted by molar-refractivity contribution is -0.667. The zero-order valence-corrected chi connectivity index (χ0v) is 20.3. The molecule has 2 aromatic heterocycles. The van der Waals surface area contributed by atoms with Gasteiger partial charge in [0.2, 0.25) is 5.69 Å².